The van der Waals surface area contributed by atoms with E-state index in [2.05, 4.69) is 27.2 Å². The number of hydrogen-bond acceptors (Lipinski definition) is 5. The van der Waals surface area contributed by atoms with Crippen LogP contribution in [-0.4, -0.2) is 46.0 Å². The second-order valence-corrected chi connectivity index (χ2v) is 10.4. The molecule has 2 aromatic rings. The van der Waals surface area contributed by atoms with Gasteiger partial charge in [0, 0.05) is 30.7 Å². The first-order chi connectivity index (χ1) is 15.3. The zero-order chi connectivity index (χ0) is 22.8. The van der Waals surface area contributed by atoms with Crippen LogP contribution < -0.4 is 10.0 Å². The number of sulfonamides is 1. The van der Waals surface area contributed by atoms with Gasteiger partial charge in [-0.25, -0.2) is 8.42 Å². The molecule has 0 spiro atoms. The smallest absolute Gasteiger partial charge is 0.263 e. The number of carbonyl (C=O) groups excluding carboxylic acids is 1. The monoisotopic (exact) mass is 455 g/mol. The second-order valence-electron chi connectivity index (χ2n) is 8.74. The number of rotatable bonds is 6. The van der Waals surface area contributed by atoms with Crippen LogP contribution in [0.2, 0.25) is 0 Å². The molecule has 0 bridgehead atoms. The van der Waals surface area contributed by atoms with Gasteiger partial charge in [-0.1, -0.05) is 56.3 Å². The van der Waals surface area contributed by atoms with Crippen molar-refractivity contribution in [1.29, 1.82) is 0 Å². The maximum absolute atomic E-state index is 13.2. The Morgan fingerprint density at radius 2 is 1.75 bits per heavy atom. The lowest BCUT2D eigenvalue weighted by Crippen LogP contribution is -2.48. The topological polar surface area (TPSA) is 96.9 Å². The minimum atomic E-state index is -3.65. The molecule has 7 nitrogen and oxygen atoms in total. The van der Waals surface area contributed by atoms with Gasteiger partial charge < -0.3 is 10.1 Å². The highest BCUT2D eigenvalue weighted by Crippen LogP contribution is 2.34. The fourth-order valence-electron chi connectivity index (χ4n) is 4.36. The maximum atomic E-state index is 13.2. The van der Waals surface area contributed by atoms with Crippen LogP contribution in [0, 0.1) is 5.92 Å². The highest BCUT2D eigenvalue weighted by atomic mass is 32.2. The molecular weight excluding hydrogens is 426 g/mol. The van der Waals surface area contributed by atoms with Crippen LogP contribution in [0.25, 0.3) is 0 Å². The third kappa shape index (κ3) is 4.42. The lowest BCUT2D eigenvalue weighted by Gasteiger charge is -2.38. The Hall–Kier alpha value is -2.71. The van der Waals surface area contributed by atoms with Crippen LogP contribution in [0.4, 0.5) is 0 Å². The summed E-state index contributed by atoms with van der Waals surface area (Å²) >= 11 is 0. The molecule has 1 amide bonds. The molecule has 2 aliphatic rings. The molecule has 1 atom stereocenters. The summed E-state index contributed by atoms with van der Waals surface area (Å²) in [4.78, 5) is 18.0. The predicted molar refractivity (Wildman–Crippen MR) is 123 cm³/mol. The van der Waals surface area contributed by atoms with Crippen molar-refractivity contribution in [3.05, 3.63) is 65.7 Å². The van der Waals surface area contributed by atoms with Gasteiger partial charge in [-0.3, -0.25) is 14.5 Å². The Morgan fingerprint density at radius 3 is 2.44 bits per heavy atom. The van der Waals surface area contributed by atoms with E-state index in [1.54, 1.807) is 24.3 Å². The molecule has 0 aromatic heterocycles. The zero-order valence-electron chi connectivity index (χ0n) is 18.4. The van der Waals surface area contributed by atoms with E-state index in [-0.39, 0.29) is 28.0 Å². The summed E-state index contributed by atoms with van der Waals surface area (Å²) in [5.41, 5.74) is 1.50. The van der Waals surface area contributed by atoms with Crippen molar-refractivity contribution < 1.29 is 17.9 Å². The first kappa shape index (κ1) is 22.5. The molecule has 2 heterocycles. The number of nitrogens with one attached hydrogen (secondary N) is 2. The summed E-state index contributed by atoms with van der Waals surface area (Å²) in [5.74, 6) is -0.0988. The SMILES string of the molecule is CC(C)[C@H](N=C1NS(=O)(=O)c2ccccc21)C(=O)NCC1(c2ccccc2)CCOCC1. The minimum absolute atomic E-state index is 0.109. The number of benzene rings is 2. The number of ether oxygens (including phenoxy) is 1. The molecular formula is C24H29N3O4S. The van der Waals surface area contributed by atoms with Crippen LogP contribution in [0.15, 0.2) is 64.5 Å². The van der Waals surface area contributed by atoms with Crippen molar-refractivity contribution in [2.24, 2.45) is 10.9 Å². The van der Waals surface area contributed by atoms with Gasteiger partial charge in [-0.15, -0.1) is 0 Å². The summed E-state index contributed by atoms with van der Waals surface area (Å²) in [6, 6.07) is 16.2. The standard InChI is InChI=1S/C24H29N3O4S/c1-17(2)21(26-22-19-10-6-7-11-20(19)32(29,30)27-22)23(28)25-16-24(12-14-31-15-13-24)18-8-4-3-5-9-18/h3-11,17,21H,12-16H2,1-2H3,(H,25,28)(H,26,27)/t21-/m0/s1. The normalized spacial score (nSPS) is 21.0. The van der Waals surface area contributed by atoms with Gasteiger partial charge in [-0.05, 0) is 36.5 Å². The number of hydrogen-bond donors (Lipinski definition) is 2. The van der Waals surface area contributed by atoms with Gasteiger partial charge >= 0.3 is 0 Å². The van der Waals surface area contributed by atoms with E-state index in [1.807, 2.05) is 32.0 Å². The number of carbonyl (C=O) groups is 1. The Morgan fingerprint density at radius 1 is 1.09 bits per heavy atom. The summed E-state index contributed by atoms with van der Waals surface area (Å²) in [6.07, 6.45) is 1.65. The molecule has 2 aliphatic heterocycles. The van der Waals surface area contributed by atoms with Gasteiger partial charge in [0.2, 0.25) is 5.91 Å². The van der Waals surface area contributed by atoms with Crippen molar-refractivity contribution in [2.75, 3.05) is 19.8 Å². The summed E-state index contributed by atoms with van der Waals surface area (Å²) in [7, 11) is -3.65. The third-order valence-electron chi connectivity index (χ3n) is 6.27. The largest absolute Gasteiger partial charge is 0.381 e. The van der Waals surface area contributed by atoms with E-state index in [1.165, 1.54) is 5.56 Å². The number of nitrogens with zero attached hydrogens (tertiary/aromatic N) is 1. The Labute approximate surface area is 189 Å². The summed E-state index contributed by atoms with van der Waals surface area (Å²) < 4.78 is 32.9. The summed E-state index contributed by atoms with van der Waals surface area (Å²) in [6.45, 7) is 5.60. The molecule has 2 aromatic carbocycles. The van der Waals surface area contributed by atoms with Crippen LogP contribution in [0.5, 0.6) is 0 Å². The van der Waals surface area contributed by atoms with Gasteiger partial charge in [0.05, 0.1) is 4.90 Å². The fourth-order valence-corrected chi connectivity index (χ4v) is 5.60. The zero-order valence-corrected chi connectivity index (χ0v) is 19.2. The van der Waals surface area contributed by atoms with Crippen LogP contribution in [0.1, 0.15) is 37.8 Å². The highest BCUT2D eigenvalue weighted by molar-refractivity contribution is 7.90. The molecule has 2 N–H and O–H groups in total. The minimum Gasteiger partial charge on any atom is -0.381 e. The molecule has 0 radical (unpaired) electrons. The molecule has 1 saturated heterocycles. The number of amides is 1. The van der Waals surface area contributed by atoms with Crippen molar-refractivity contribution in [1.82, 2.24) is 10.0 Å². The Bertz CT molecular complexity index is 1110. The number of amidine groups is 1. The first-order valence-electron chi connectivity index (χ1n) is 10.9. The quantitative estimate of drug-likeness (QED) is 0.700. The predicted octanol–water partition coefficient (Wildman–Crippen LogP) is 2.61. The Balaban J connectivity index is 1.56. The van der Waals surface area contributed by atoms with E-state index in [0.29, 0.717) is 25.3 Å². The average molecular weight is 456 g/mol. The molecule has 8 heteroatoms. The van der Waals surface area contributed by atoms with Crippen molar-refractivity contribution in [2.45, 2.75) is 43.0 Å². The van der Waals surface area contributed by atoms with Gasteiger partial charge in [0.25, 0.3) is 10.0 Å². The second kappa shape index (κ2) is 9.03. The lowest BCUT2D eigenvalue weighted by atomic mass is 9.74. The maximum Gasteiger partial charge on any atom is 0.263 e. The first-order valence-corrected chi connectivity index (χ1v) is 12.4. The molecule has 0 aliphatic carbocycles. The number of fused-ring (bicyclic) bond motifs is 1. The molecule has 170 valence electrons. The molecule has 4 rings (SSSR count). The number of aliphatic imine (C=N–C) groups is 1. The van der Waals surface area contributed by atoms with E-state index >= 15 is 0 Å². The van der Waals surface area contributed by atoms with Crippen LogP contribution in [0.3, 0.4) is 0 Å². The average Bonchev–Trinajstić information content (AvgIpc) is 3.07. The van der Waals surface area contributed by atoms with Crippen LogP contribution >= 0.6 is 0 Å². The van der Waals surface area contributed by atoms with Gasteiger partial charge in [0.1, 0.15) is 11.9 Å². The van der Waals surface area contributed by atoms with Crippen molar-refractivity contribution in [3.8, 4) is 0 Å². The van der Waals surface area contributed by atoms with E-state index in [9.17, 15) is 13.2 Å². The molecule has 1 fully saturated rings. The van der Waals surface area contributed by atoms with E-state index in [0.717, 1.165) is 12.8 Å². The van der Waals surface area contributed by atoms with E-state index in [4.69, 9.17) is 4.74 Å². The molecule has 0 unspecified atom stereocenters. The lowest BCUT2D eigenvalue weighted by molar-refractivity contribution is -0.123. The van der Waals surface area contributed by atoms with Gasteiger partial charge in [0.15, 0.2) is 0 Å². The molecule has 0 saturated carbocycles. The fraction of sp³-hybridized carbons (Fsp3) is 0.417. The van der Waals surface area contributed by atoms with Crippen molar-refractivity contribution >= 4 is 21.8 Å². The van der Waals surface area contributed by atoms with Crippen LogP contribution in [-0.2, 0) is 25.0 Å². The highest BCUT2D eigenvalue weighted by Gasteiger charge is 2.36. The van der Waals surface area contributed by atoms with Gasteiger partial charge in [-0.2, -0.15) is 0 Å². The molecule has 32 heavy (non-hydrogen) atoms. The van der Waals surface area contributed by atoms with E-state index < -0.39 is 16.1 Å². The van der Waals surface area contributed by atoms with Crippen molar-refractivity contribution in [3.63, 3.8) is 0 Å². The third-order valence-corrected chi connectivity index (χ3v) is 7.67. The summed E-state index contributed by atoms with van der Waals surface area (Å²) in [5, 5.41) is 3.11. The Kier molecular flexibility index (Phi) is 6.35.